The van der Waals surface area contributed by atoms with Crippen LogP contribution in [0.3, 0.4) is 0 Å². The first kappa shape index (κ1) is 17.3. The molecule has 2 amide bonds. The number of nitrogens with zero attached hydrogens (tertiary/aromatic N) is 1. The van der Waals surface area contributed by atoms with E-state index in [1.54, 1.807) is 31.2 Å². The molecule has 2 N–H and O–H groups in total. The summed E-state index contributed by atoms with van der Waals surface area (Å²) in [6.07, 6.45) is 0.551. The number of nitriles is 1. The molecule has 1 aromatic rings. The van der Waals surface area contributed by atoms with Crippen LogP contribution in [0.25, 0.3) is 0 Å². The third-order valence-corrected chi connectivity index (χ3v) is 3.49. The molecule has 0 spiro atoms. The van der Waals surface area contributed by atoms with Crippen molar-refractivity contribution >= 4 is 12.0 Å². The van der Waals surface area contributed by atoms with Crippen LogP contribution in [0.1, 0.15) is 25.8 Å². The molecule has 7 nitrogen and oxygen atoms in total. The van der Waals surface area contributed by atoms with E-state index in [-0.39, 0.29) is 19.2 Å². The van der Waals surface area contributed by atoms with Gasteiger partial charge in [0.05, 0.1) is 35.6 Å². The monoisotopic (exact) mass is 329 g/mol. The van der Waals surface area contributed by atoms with Gasteiger partial charge < -0.3 is 20.1 Å². The maximum absolute atomic E-state index is 12.2. The van der Waals surface area contributed by atoms with Crippen LogP contribution in [0.5, 0.6) is 5.75 Å². The molecule has 1 aliphatic heterocycles. The Morgan fingerprint density at radius 3 is 2.83 bits per heavy atom. The Morgan fingerprint density at radius 2 is 2.17 bits per heavy atom. The molecule has 1 aromatic carbocycles. The van der Waals surface area contributed by atoms with E-state index in [2.05, 4.69) is 10.6 Å². The zero-order valence-electron chi connectivity index (χ0n) is 13.6. The maximum atomic E-state index is 12.2. The molecule has 0 saturated heterocycles. The fraction of sp³-hybridized carbons (Fsp3) is 0.353. The standard InChI is InChI=1S/C17H19N3O4/c1-3-13-15(16(21)23-4-2)14(20-17(22)19-13)10-24-12-7-5-6-11(8-12)9-18/h5-8,13H,3-4,10H2,1-2H3,(H2,19,20,22)/t13-/m1/s1. The molecule has 1 heterocycles. The lowest BCUT2D eigenvalue weighted by atomic mass is 10.0. The molecule has 24 heavy (non-hydrogen) atoms. The third kappa shape index (κ3) is 4.04. The van der Waals surface area contributed by atoms with Crippen LogP contribution in [0.15, 0.2) is 35.5 Å². The van der Waals surface area contributed by atoms with Crippen molar-refractivity contribution in [2.45, 2.75) is 26.3 Å². The van der Waals surface area contributed by atoms with Crippen molar-refractivity contribution in [1.82, 2.24) is 10.6 Å². The van der Waals surface area contributed by atoms with Gasteiger partial charge in [0, 0.05) is 0 Å². The lowest BCUT2D eigenvalue weighted by Gasteiger charge is -2.28. The Kier molecular flexibility index (Phi) is 5.79. The van der Waals surface area contributed by atoms with Crippen LogP contribution in [0, 0.1) is 11.3 Å². The summed E-state index contributed by atoms with van der Waals surface area (Å²) in [5.74, 6) is -0.00758. The van der Waals surface area contributed by atoms with Crippen LogP contribution in [0.2, 0.25) is 0 Å². The van der Waals surface area contributed by atoms with Crippen LogP contribution in [-0.4, -0.2) is 31.3 Å². The quantitative estimate of drug-likeness (QED) is 0.776. The van der Waals surface area contributed by atoms with Crippen LogP contribution in [0.4, 0.5) is 4.79 Å². The lowest BCUT2D eigenvalue weighted by Crippen LogP contribution is -2.51. The molecule has 0 fully saturated rings. The SMILES string of the molecule is CCOC(=O)C1=C(COc2cccc(C#N)c2)NC(=O)N[C@@H]1CC. The largest absolute Gasteiger partial charge is 0.487 e. The fourth-order valence-corrected chi connectivity index (χ4v) is 2.39. The smallest absolute Gasteiger partial charge is 0.338 e. The van der Waals surface area contributed by atoms with E-state index in [0.717, 1.165) is 0 Å². The maximum Gasteiger partial charge on any atom is 0.338 e. The highest BCUT2D eigenvalue weighted by molar-refractivity contribution is 5.94. The molecular weight excluding hydrogens is 310 g/mol. The summed E-state index contributed by atoms with van der Waals surface area (Å²) >= 11 is 0. The van der Waals surface area contributed by atoms with Gasteiger partial charge in [-0.25, -0.2) is 9.59 Å². The summed E-state index contributed by atoms with van der Waals surface area (Å²) in [4.78, 5) is 24.0. The number of carbonyl (C=O) groups excluding carboxylic acids is 2. The summed E-state index contributed by atoms with van der Waals surface area (Å²) in [7, 11) is 0. The van der Waals surface area contributed by atoms with E-state index < -0.39 is 12.0 Å². The molecule has 0 radical (unpaired) electrons. The minimum atomic E-state index is -0.485. The van der Waals surface area contributed by atoms with Crippen LogP contribution in [-0.2, 0) is 9.53 Å². The summed E-state index contributed by atoms with van der Waals surface area (Å²) in [5, 5.41) is 14.2. The molecule has 0 aromatic heterocycles. The summed E-state index contributed by atoms with van der Waals surface area (Å²) in [5.41, 5.74) is 1.19. The number of rotatable bonds is 6. The topological polar surface area (TPSA) is 100 Å². The van der Waals surface area contributed by atoms with E-state index in [9.17, 15) is 9.59 Å². The van der Waals surface area contributed by atoms with Crippen molar-refractivity contribution in [3.05, 3.63) is 41.1 Å². The molecule has 7 heteroatoms. The van der Waals surface area contributed by atoms with Gasteiger partial charge in [0.25, 0.3) is 0 Å². The second-order valence-electron chi connectivity index (χ2n) is 5.10. The average molecular weight is 329 g/mol. The number of carbonyl (C=O) groups is 2. The Morgan fingerprint density at radius 1 is 1.38 bits per heavy atom. The first-order valence-corrected chi connectivity index (χ1v) is 7.69. The number of nitrogens with one attached hydrogen (secondary N) is 2. The van der Waals surface area contributed by atoms with Gasteiger partial charge in [0.2, 0.25) is 0 Å². The van der Waals surface area contributed by atoms with Crippen molar-refractivity contribution in [3.63, 3.8) is 0 Å². The molecule has 0 bridgehead atoms. The van der Waals surface area contributed by atoms with Gasteiger partial charge in [-0.3, -0.25) is 0 Å². The highest BCUT2D eigenvalue weighted by Gasteiger charge is 2.31. The zero-order valence-corrected chi connectivity index (χ0v) is 13.6. The number of esters is 1. The predicted molar refractivity (Wildman–Crippen MR) is 86.1 cm³/mol. The number of urea groups is 1. The minimum Gasteiger partial charge on any atom is -0.487 e. The van der Waals surface area contributed by atoms with Crippen molar-refractivity contribution < 1.29 is 19.1 Å². The van der Waals surface area contributed by atoms with E-state index >= 15 is 0 Å². The Labute approximate surface area is 140 Å². The van der Waals surface area contributed by atoms with Gasteiger partial charge in [-0.2, -0.15) is 5.26 Å². The van der Waals surface area contributed by atoms with Gasteiger partial charge in [0.15, 0.2) is 0 Å². The predicted octanol–water partition coefficient (Wildman–Crippen LogP) is 1.85. The van der Waals surface area contributed by atoms with Gasteiger partial charge in [-0.1, -0.05) is 13.0 Å². The molecule has 126 valence electrons. The first-order chi connectivity index (χ1) is 11.6. The second-order valence-corrected chi connectivity index (χ2v) is 5.10. The van der Waals surface area contributed by atoms with E-state index in [4.69, 9.17) is 14.7 Å². The number of benzene rings is 1. The number of amides is 2. The number of hydrogen-bond acceptors (Lipinski definition) is 5. The third-order valence-electron chi connectivity index (χ3n) is 3.49. The lowest BCUT2D eigenvalue weighted by molar-refractivity contribution is -0.139. The highest BCUT2D eigenvalue weighted by atomic mass is 16.5. The van der Waals surface area contributed by atoms with Gasteiger partial charge >= 0.3 is 12.0 Å². The van der Waals surface area contributed by atoms with Crippen LogP contribution >= 0.6 is 0 Å². The molecule has 1 aliphatic rings. The first-order valence-electron chi connectivity index (χ1n) is 7.69. The highest BCUT2D eigenvalue weighted by Crippen LogP contribution is 2.19. The normalized spacial score (nSPS) is 16.7. The van der Waals surface area contributed by atoms with Gasteiger partial charge in [-0.05, 0) is 31.5 Å². The summed E-state index contributed by atoms with van der Waals surface area (Å²) in [6.45, 7) is 3.82. The second kappa shape index (κ2) is 8.02. The van der Waals surface area contributed by atoms with Crippen molar-refractivity contribution in [3.8, 4) is 11.8 Å². The number of hydrogen-bond donors (Lipinski definition) is 2. The molecule has 0 unspecified atom stereocenters. The van der Waals surface area contributed by atoms with E-state index in [1.807, 2.05) is 13.0 Å². The minimum absolute atomic E-state index is 0.00699. The molecule has 0 saturated carbocycles. The number of ether oxygens (including phenoxy) is 2. The Bertz CT molecular complexity index is 706. The van der Waals surface area contributed by atoms with Gasteiger partial charge in [-0.15, -0.1) is 0 Å². The summed E-state index contributed by atoms with van der Waals surface area (Å²) < 4.78 is 10.7. The Balaban J connectivity index is 2.25. The summed E-state index contributed by atoms with van der Waals surface area (Å²) in [6, 6.07) is 7.86. The molecule has 0 aliphatic carbocycles. The Hall–Kier alpha value is -3.01. The molecular formula is C17H19N3O4. The average Bonchev–Trinajstić information content (AvgIpc) is 2.59. The zero-order chi connectivity index (χ0) is 17.5. The van der Waals surface area contributed by atoms with Crippen molar-refractivity contribution in [1.29, 1.82) is 5.26 Å². The van der Waals surface area contributed by atoms with Crippen molar-refractivity contribution in [2.24, 2.45) is 0 Å². The van der Waals surface area contributed by atoms with Crippen molar-refractivity contribution in [2.75, 3.05) is 13.2 Å². The van der Waals surface area contributed by atoms with Crippen LogP contribution < -0.4 is 15.4 Å². The van der Waals surface area contributed by atoms with Gasteiger partial charge in [0.1, 0.15) is 12.4 Å². The molecule has 1 atom stereocenters. The fourth-order valence-electron chi connectivity index (χ4n) is 2.39. The van der Waals surface area contributed by atoms with E-state index in [1.165, 1.54) is 0 Å². The van der Waals surface area contributed by atoms with E-state index in [0.29, 0.717) is 29.0 Å². The molecule has 2 rings (SSSR count).